The Kier molecular flexibility index (Phi) is 6.08. The van der Waals surface area contributed by atoms with Crippen molar-refractivity contribution in [1.29, 1.82) is 0 Å². The Morgan fingerprint density at radius 2 is 1.71 bits per heavy atom. The summed E-state index contributed by atoms with van der Waals surface area (Å²) in [7, 11) is 0. The Bertz CT molecular complexity index is 1180. The summed E-state index contributed by atoms with van der Waals surface area (Å²) in [4.78, 5) is 16.8. The molecule has 1 aromatic heterocycles. The molecule has 6 nitrogen and oxygen atoms in total. The topological polar surface area (TPSA) is 79.9 Å². The van der Waals surface area contributed by atoms with Crippen molar-refractivity contribution in [1.82, 2.24) is 15.2 Å². The minimum atomic E-state index is -0.190. The molecule has 0 radical (unpaired) electrons. The van der Waals surface area contributed by atoms with E-state index in [0.717, 1.165) is 22.4 Å². The van der Waals surface area contributed by atoms with Gasteiger partial charge in [-0.1, -0.05) is 71.8 Å². The molecule has 2 N–H and O–H groups in total. The highest BCUT2D eigenvalue weighted by atomic mass is 16.5. The zero-order chi connectivity index (χ0) is 21.6. The molecular formula is C25H24N4O2. The van der Waals surface area contributed by atoms with E-state index in [4.69, 9.17) is 4.74 Å². The molecule has 0 unspecified atom stereocenters. The van der Waals surface area contributed by atoms with Crippen LogP contribution in [0.2, 0.25) is 0 Å². The molecule has 6 heteroatoms. The summed E-state index contributed by atoms with van der Waals surface area (Å²) in [6, 6.07) is 23.7. The fourth-order valence-corrected chi connectivity index (χ4v) is 3.23. The number of H-pyrrole nitrogens is 1. The zero-order valence-corrected chi connectivity index (χ0v) is 17.6. The van der Waals surface area contributed by atoms with Crippen molar-refractivity contribution in [3.63, 3.8) is 0 Å². The normalized spacial score (nSPS) is 10.6. The van der Waals surface area contributed by atoms with Crippen LogP contribution < -0.4 is 10.1 Å². The minimum Gasteiger partial charge on any atom is -0.489 e. The van der Waals surface area contributed by atoms with Crippen molar-refractivity contribution < 1.29 is 9.53 Å². The lowest BCUT2D eigenvalue weighted by Crippen LogP contribution is -2.15. The number of carbonyl (C=O) groups excluding carboxylic acids is 1. The molecule has 0 saturated carbocycles. The Morgan fingerprint density at radius 3 is 2.52 bits per heavy atom. The summed E-state index contributed by atoms with van der Waals surface area (Å²) in [5.41, 5.74) is 5.24. The van der Waals surface area contributed by atoms with Crippen LogP contribution in [0.4, 0.5) is 5.95 Å². The van der Waals surface area contributed by atoms with Gasteiger partial charge in [-0.05, 0) is 37.1 Å². The lowest BCUT2D eigenvalue weighted by molar-refractivity contribution is -0.115. The summed E-state index contributed by atoms with van der Waals surface area (Å²) < 4.78 is 5.89. The Labute approximate surface area is 181 Å². The minimum absolute atomic E-state index is 0.190. The Morgan fingerprint density at radius 1 is 0.935 bits per heavy atom. The molecule has 0 bridgehead atoms. The third-order valence-corrected chi connectivity index (χ3v) is 4.81. The second-order valence-electron chi connectivity index (χ2n) is 7.52. The van der Waals surface area contributed by atoms with Crippen LogP contribution in [0.25, 0.3) is 11.4 Å². The van der Waals surface area contributed by atoms with Crippen LogP contribution in [0.3, 0.4) is 0 Å². The highest BCUT2D eigenvalue weighted by Crippen LogP contribution is 2.18. The molecule has 0 aliphatic heterocycles. The van der Waals surface area contributed by atoms with Crippen molar-refractivity contribution >= 4 is 11.9 Å². The molecule has 0 atom stereocenters. The molecule has 1 amide bonds. The number of hydrogen-bond donors (Lipinski definition) is 2. The molecular weight excluding hydrogens is 388 g/mol. The van der Waals surface area contributed by atoms with Gasteiger partial charge in [0, 0.05) is 5.56 Å². The van der Waals surface area contributed by atoms with Gasteiger partial charge in [0.05, 0.1) is 6.42 Å². The SMILES string of the molecule is Cc1ccc(-c2nc(NC(=O)Cc3cccc(OCc4cccc(C)c4)c3)n[nH]2)cc1. The number of nitrogens with zero attached hydrogens (tertiary/aromatic N) is 2. The number of hydrogen-bond acceptors (Lipinski definition) is 4. The lowest BCUT2D eigenvalue weighted by Gasteiger charge is -2.09. The number of carbonyl (C=O) groups is 1. The van der Waals surface area contributed by atoms with E-state index >= 15 is 0 Å². The van der Waals surface area contributed by atoms with E-state index in [0.29, 0.717) is 12.4 Å². The fraction of sp³-hybridized carbons (Fsp3) is 0.160. The maximum atomic E-state index is 12.5. The second kappa shape index (κ2) is 9.26. The molecule has 4 rings (SSSR count). The summed E-state index contributed by atoms with van der Waals surface area (Å²) >= 11 is 0. The van der Waals surface area contributed by atoms with Crippen LogP contribution in [0.5, 0.6) is 5.75 Å². The molecule has 31 heavy (non-hydrogen) atoms. The number of amides is 1. The molecule has 0 aliphatic carbocycles. The number of benzene rings is 3. The van der Waals surface area contributed by atoms with E-state index in [1.807, 2.05) is 67.6 Å². The largest absolute Gasteiger partial charge is 0.489 e. The van der Waals surface area contributed by atoms with Gasteiger partial charge in [0.25, 0.3) is 0 Å². The van der Waals surface area contributed by atoms with Crippen LogP contribution in [-0.2, 0) is 17.8 Å². The van der Waals surface area contributed by atoms with Gasteiger partial charge >= 0.3 is 0 Å². The number of aromatic amines is 1. The van der Waals surface area contributed by atoms with Gasteiger partial charge < -0.3 is 4.74 Å². The maximum Gasteiger partial charge on any atom is 0.249 e. The molecule has 3 aromatic carbocycles. The Balaban J connectivity index is 1.34. The smallest absolute Gasteiger partial charge is 0.249 e. The predicted octanol–water partition coefficient (Wildman–Crippen LogP) is 4.85. The summed E-state index contributed by atoms with van der Waals surface area (Å²) in [6.45, 7) is 4.56. The highest BCUT2D eigenvalue weighted by molar-refractivity contribution is 5.90. The first-order valence-corrected chi connectivity index (χ1v) is 10.1. The van der Waals surface area contributed by atoms with E-state index in [2.05, 4.69) is 39.6 Å². The summed E-state index contributed by atoms with van der Waals surface area (Å²) in [5, 5.41) is 9.69. The number of aromatic nitrogens is 3. The molecule has 0 saturated heterocycles. The van der Waals surface area contributed by atoms with Crippen molar-refractivity contribution in [2.75, 3.05) is 5.32 Å². The molecule has 156 valence electrons. The van der Waals surface area contributed by atoms with Crippen LogP contribution in [0, 0.1) is 13.8 Å². The van der Waals surface area contributed by atoms with Gasteiger partial charge in [0.1, 0.15) is 12.4 Å². The second-order valence-corrected chi connectivity index (χ2v) is 7.52. The van der Waals surface area contributed by atoms with Crippen molar-refractivity contribution in [2.45, 2.75) is 26.9 Å². The van der Waals surface area contributed by atoms with Gasteiger partial charge in [-0.3, -0.25) is 15.2 Å². The fourth-order valence-electron chi connectivity index (χ4n) is 3.23. The first-order chi connectivity index (χ1) is 15.0. The number of nitrogens with one attached hydrogen (secondary N) is 2. The number of anilines is 1. The number of rotatable bonds is 7. The quantitative estimate of drug-likeness (QED) is 0.455. The standard InChI is InChI=1S/C25H24N4O2/c1-17-9-11-21(12-10-17)24-27-25(29-28-24)26-23(30)15-19-6-4-8-22(14-19)31-16-20-7-3-5-18(2)13-20/h3-14H,15-16H2,1-2H3,(H2,26,27,28,29,30). The lowest BCUT2D eigenvalue weighted by atomic mass is 10.1. The van der Waals surface area contributed by atoms with Crippen LogP contribution in [0.15, 0.2) is 72.8 Å². The average molecular weight is 412 g/mol. The molecule has 1 heterocycles. The van der Waals surface area contributed by atoms with E-state index in [1.54, 1.807) is 0 Å². The van der Waals surface area contributed by atoms with Crippen molar-refractivity contribution in [3.05, 3.63) is 95.1 Å². The average Bonchev–Trinajstić information content (AvgIpc) is 3.21. The monoisotopic (exact) mass is 412 g/mol. The highest BCUT2D eigenvalue weighted by Gasteiger charge is 2.10. The molecule has 4 aromatic rings. The third kappa shape index (κ3) is 5.57. The maximum absolute atomic E-state index is 12.5. The van der Waals surface area contributed by atoms with Gasteiger partial charge in [-0.15, -0.1) is 5.10 Å². The van der Waals surface area contributed by atoms with Crippen LogP contribution in [-0.4, -0.2) is 21.1 Å². The van der Waals surface area contributed by atoms with Crippen LogP contribution in [0.1, 0.15) is 22.3 Å². The zero-order valence-electron chi connectivity index (χ0n) is 17.6. The van der Waals surface area contributed by atoms with Gasteiger partial charge in [0.15, 0.2) is 5.82 Å². The summed E-state index contributed by atoms with van der Waals surface area (Å²) in [5.74, 6) is 1.41. The van der Waals surface area contributed by atoms with E-state index in [9.17, 15) is 4.79 Å². The van der Waals surface area contributed by atoms with Gasteiger partial charge in [0.2, 0.25) is 11.9 Å². The first kappa shape index (κ1) is 20.3. The summed E-state index contributed by atoms with van der Waals surface area (Å²) in [6.07, 6.45) is 0.204. The number of ether oxygens (including phenoxy) is 1. The van der Waals surface area contributed by atoms with Gasteiger partial charge in [-0.2, -0.15) is 4.98 Å². The van der Waals surface area contributed by atoms with Crippen molar-refractivity contribution in [3.8, 4) is 17.1 Å². The number of aryl methyl sites for hydroxylation is 2. The van der Waals surface area contributed by atoms with Crippen LogP contribution >= 0.6 is 0 Å². The van der Waals surface area contributed by atoms with E-state index in [1.165, 1.54) is 11.1 Å². The molecule has 0 spiro atoms. The van der Waals surface area contributed by atoms with E-state index in [-0.39, 0.29) is 18.3 Å². The predicted molar refractivity (Wildman–Crippen MR) is 121 cm³/mol. The first-order valence-electron chi connectivity index (χ1n) is 10.1. The molecule has 0 aliphatic rings. The third-order valence-electron chi connectivity index (χ3n) is 4.81. The van der Waals surface area contributed by atoms with E-state index < -0.39 is 0 Å². The Hall–Kier alpha value is -3.93. The van der Waals surface area contributed by atoms with Gasteiger partial charge in [-0.25, -0.2) is 0 Å². The van der Waals surface area contributed by atoms with Crippen molar-refractivity contribution in [2.24, 2.45) is 0 Å². The molecule has 0 fully saturated rings.